The van der Waals surface area contributed by atoms with Gasteiger partial charge in [-0.3, -0.25) is 24.0 Å². The molecule has 2 aromatic heterocycles. The van der Waals surface area contributed by atoms with E-state index in [-0.39, 0.29) is 88.9 Å². The molecule has 5 aromatic rings. The summed E-state index contributed by atoms with van der Waals surface area (Å²) in [4.78, 5) is 70.5. The Labute approximate surface area is 342 Å². The quantitative estimate of drug-likeness (QED) is 0.0389. The second-order valence-electron chi connectivity index (χ2n) is 13.4. The molecular formula is C41H40N12O7. The van der Waals surface area contributed by atoms with Crippen LogP contribution in [0.3, 0.4) is 0 Å². The lowest BCUT2D eigenvalue weighted by molar-refractivity contribution is -0.138. The van der Waals surface area contributed by atoms with E-state index in [4.69, 9.17) is 26.7 Å². The molecule has 0 saturated heterocycles. The number of nitrogens with one attached hydrogen (secondary N) is 3. The van der Waals surface area contributed by atoms with Gasteiger partial charge in [0.2, 0.25) is 11.8 Å². The summed E-state index contributed by atoms with van der Waals surface area (Å²) < 4.78 is 11.4. The van der Waals surface area contributed by atoms with Crippen molar-refractivity contribution in [1.82, 2.24) is 15.3 Å². The fraction of sp³-hybridized carbons (Fsp3) is 0.195. The SMILES string of the molecule is CC(Cc1ccc(OC(=O)C2CC2)c(N=Nc2ccc(NC(=O)CN)nc2N)c1)C(=O)Oc1ccccc1N=Nc1ccc(NC(=O)CNC(=O)c2ccccc2)nc1N. The van der Waals surface area contributed by atoms with Crippen LogP contribution in [0, 0.1) is 11.8 Å². The highest BCUT2D eigenvalue weighted by Crippen LogP contribution is 2.37. The van der Waals surface area contributed by atoms with Crippen LogP contribution in [-0.4, -0.2) is 52.7 Å². The first kappa shape index (κ1) is 41.7. The molecule has 1 atom stereocenters. The van der Waals surface area contributed by atoms with E-state index in [1.165, 1.54) is 24.3 Å². The van der Waals surface area contributed by atoms with Gasteiger partial charge in [0, 0.05) is 5.56 Å². The number of azo groups is 2. The highest BCUT2D eigenvalue weighted by molar-refractivity contribution is 5.99. The number of amides is 3. The average molecular weight is 813 g/mol. The van der Waals surface area contributed by atoms with Gasteiger partial charge in [0.25, 0.3) is 5.91 Å². The summed E-state index contributed by atoms with van der Waals surface area (Å²) in [5, 5.41) is 24.5. The van der Waals surface area contributed by atoms with E-state index in [0.29, 0.717) is 11.1 Å². The lowest BCUT2D eigenvalue weighted by Gasteiger charge is -2.14. The van der Waals surface area contributed by atoms with Crippen LogP contribution in [0.2, 0.25) is 0 Å². The fourth-order valence-corrected chi connectivity index (χ4v) is 5.33. The minimum atomic E-state index is -0.662. The Balaban J connectivity index is 1.09. The first-order chi connectivity index (χ1) is 28.9. The zero-order chi connectivity index (χ0) is 42.6. The van der Waals surface area contributed by atoms with Crippen molar-refractivity contribution in [2.45, 2.75) is 26.2 Å². The predicted octanol–water partition coefficient (Wildman–Crippen LogP) is 5.84. The number of carbonyl (C=O) groups excluding carboxylic acids is 5. The van der Waals surface area contributed by atoms with E-state index in [0.717, 1.165) is 12.8 Å². The van der Waals surface area contributed by atoms with Gasteiger partial charge in [-0.2, -0.15) is 0 Å². The smallest absolute Gasteiger partial charge is 0.314 e. The molecule has 0 radical (unpaired) electrons. The Morgan fingerprint density at radius 2 is 1.28 bits per heavy atom. The standard InChI is InChI=1S/C41H40N12O7/c1-23(19-24-11-16-32(60-41(58)26-12-13-26)30(20-24)53-52-29-14-17-33(48-38(29)44)46-35(54)21-42)40(57)59-31-10-6-5-9-27(31)50-51-28-15-18-34(49-37(28)43)47-36(55)22-45-39(56)25-7-3-2-4-8-25/h2-11,14-18,20,23,26H,12-13,19,21-22,42H2,1H3,(H,45,56)(H3,43,47,49,55)(H3,44,46,48,54). The Bertz CT molecular complexity index is 2470. The largest absolute Gasteiger partial charge is 0.424 e. The molecular weight excluding hydrogens is 773 g/mol. The summed E-state index contributed by atoms with van der Waals surface area (Å²) >= 11 is 0. The number of hydrogen-bond acceptors (Lipinski definition) is 16. The molecule has 1 saturated carbocycles. The van der Waals surface area contributed by atoms with Crippen LogP contribution >= 0.6 is 0 Å². The number of esters is 2. The van der Waals surface area contributed by atoms with Crippen LogP contribution in [0.15, 0.2) is 118 Å². The highest BCUT2D eigenvalue weighted by Gasteiger charge is 2.32. The van der Waals surface area contributed by atoms with E-state index in [9.17, 15) is 24.0 Å². The maximum Gasteiger partial charge on any atom is 0.314 e. The molecule has 0 bridgehead atoms. The Morgan fingerprint density at radius 1 is 0.700 bits per heavy atom. The lowest BCUT2D eigenvalue weighted by atomic mass is 10.0. The number of aromatic nitrogens is 2. The molecule has 306 valence electrons. The van der Waals surface area contributed by atoms with Gasteiger partial charge in [0.05, 0.1) is 24.9 Å². The van der Waals surface area contributed by atoms with Gasteiger partial charge in [0.15, 0.2) is 23.1 Å². The van der Waals surface area contributed by atoms with E-state index in [1.54, 1.807) is 79.7 Å². The molecule has 3 aromatic carbocycles. The molecule has 1 unspecified atom stereocenters. The number of nitrogens with zero attached hydrogens (tertiary/aromatic N) is 6. The predicted molar refractivity (Wildman–Crippen MR) is 220 cm³/mol. The van der Waals surface area contributed by atoms with Crippen molar-refractivity contribution >= 4 is 75.7 Å². The van der Waals surface area contributed by atoms with Crippen LogP contribution in [0.25, 0.3) is 0 Å². The molecule has 6 rings (SSSR count). The number of nitrogens with two attached hydrogens (primary N) is 3. The second kappa shape index (κ2) is 19.5. The summed E-state index contributed by atoms with van der Waals surface area (Å²) in [6.07, 6.45) is 1.70. The molecule has 19 heteroatoms. The van der Waals surface area contributed by atoms with Gasteiger partial charge >= 0.3 is 11.9 Å². The normalized spacial score (nSPS) is 12.8. The zero-order valence-corrected chi connectivity index (χ0v) is 32.2. The van der Waals surface area contributed by atoms with Crippen molar-refractivity contribution in [1.29, 1.82) is 0 Å². The summed E-state index contributed by atoms with van der Waals surface area (Å²) in [6, 6.07) is 25.9. The lowest BCUT2D eigenvalue weighted by Crippen LogP contribution is -2.33. The molecule has 3 amide bonds. The molecule has 0 spiro atoms. The average Bonchev–Trinajstić information content (AvgIpc) is 4.10. The number of carbonyl (C=O) groups is 5. The van der Waals surface area contributed by atoms with Gasteiger partial charge in [-0.05, 0) is 85.5 Å². The molecule has 2 heterocycles. The number of hydrogen-bond donors (Lipinski definition) is 6. The maximum absolute atomic E-state index is 13.4. The summed E-state index contributed by atoms with van der Waals surface area (Å²) in [6.45, 7) is 1.18. The second-order valence-corrected chi connectivity index (χ2v) is 13.4. The molecule has 1 fully saturated rings. The highest BCUT2D eigenvalue weighted by atomic mass is 16.5. The number of ether oxygens (including phenoxy) is 2. The summed E-state index contributed by atoms with van der Waals surface area (Å²) in [5.74, 6) is -2.54. The van der Waals surface area contributed by atoms with E-state index in [2.05, 4.69) is 46.4 Å². The van der Waals surface area contributed by atoms with Crippen LogP contribution in [-0.2, 0) is 25.6 Å². The van der Waals surface area contributed by atoms with Crippen molar-refractivity contribution in [3.63, 3.8) is 0 Å². The third-order valence-corrected chi connectivity index (χ3v) is 8.67. The van der Waals surface area contributed by atoms with Crippen molar-refractivity contribution in [3.8, 4) is 11.5 Å². The third-order valence-electron chi connectivity index (χ3n) is 8.67. The molecule has 0 aliphatic heterocycles. The molecule has 60 heavy (non-hydrogen) atoms. The van der Waals surface area contributed by atoms with E-state index < -0.39 is 29.6 Å². The van der Waals surface area contributed by atoms with Gasteiger partial charge in [-0.15, -0.1) is 20.5 Å². The Kier molecular flexibility index (Phi) is 13.5. The van der Waals surface area contributed by atoms with Crippen LogP contribution in [0.1, 0.15) is 35.7 Å². The van der Waals surface area contributed by atoms with Gasteiger partial charge in [-0.25, -0.2) is 9.97 Å². The number of nitrogen functional groups attached to an aromatic ring is 2. The fourth-order valence-electron chi connectivity index (χ4n) is 5.33. The Hall–Kier alpha value is -7.93. The van der Waals surface area contributed by atoms with Crippen LogP contribution in [0.4, 0.5) is 46.0 Å². The number of para-hydroxylation sites is 1. The molecule has 1 aliphatic rings. The third kappa shape index (κ3) is 11.6. The molecule has 1 aliphatic carbocycles. The van der Waals surface area contributed by atoms with Crippen molar-refractivity contribution < 1.29 is 33.4 Å². The van der Waals surface area contributed by atoms with Gasteiger partial charge in [0.1, 0.15) is 34.4 Å². The summed E-state index contributed by atoms with van der Waals surface area (Å²) in [7, 11) is 0. The molecule has 9 N–H and O–H groups in total. The van der Waals surface area contributed by atoms with Crippen LogP contribution in [0.5, 0.6) is 11.5 Å². The van der Waals surface area contributed by atoms with Gasteiger partial charge < -0.3 is 42.6 Å². The monoisotopic (exact) mass is 812 g/mol. The number of pyridine rings is 2. The first-order valence-corrected chi connectivity index (χ1v) is 18.6. The van der Waals surface area contributed by atoms with Gasteiger partial charge in [-0.1, -0.05) is 43.3 Å². The van der Waals surface area contributed by atoms with E-state index in [1.807, 2.05) is 0 Å². The maximum atomic E-state index is 13.4. The topological polar surface area (TPSA) is 293 Å². The minimum absolute atomic E-state index is 0.0138. The van der Waals surface area contributed by atoms with Crippen molar-refractivity contribution in [3.05, 3.63) is 108 Å². The van der Waals surface area contributed by atoms with Crippen molar-refractivity contribution in [2.24, 2.45) is 38.0 Å². The van der Waals surface area contributed by atoms with E-state index >= 15 is 0 Å². The minimum Gasteiger partial charge on any atom is -0.424 e. The zero-order valence-electron chi connectivity index (χ0n) is 32.2. The Morgan fingerprint density at radius 3 is 1.92 bits per heavy atom. The number of benzene rings is 3. The number of rotatable bonds is 16. The number of anilines is 4. The summed E-state index contributed by atoms with van der Waals surface area (Å²) in [5.41, 5.74) is 19.4. The molecule has 19 nitrogen and oxygen atoms in total. The first-order valence-electron chi connectivity index (χ1n) is 18.6. The van der Waals surface area contributed by atoms with Crippen molar-refractivity contribution in [2.75, 3.05) is 35.2 Å². The van der Waals surface area contributed by atoms with Crippen LogP contribution < -0.4 is 42.6 Å².